The van der Waals surface area contributed by atoms with Crippen LogP contribution in [0.4, 0.5) is 23.2 Å². The maximum atomic E-state index is 12.8. The molecule has 21 heavy (non-hydrogen) atoms. The third-order valence-electron chi connectivity index (χ3n) is 2.52. The molecule has 110 valence electrons. The molecule has 0 radical (unpaired) electrons. The van der Waals surface area contributed by atoms with Crippen LogP contribution in [0.5, 0.6) is 0 Å². The number of anilines is 1. The Balaban J connectivity index is 2.12. The maximum absolute atomic E-state index is 12.8. The summed E-state index contributed by atoms with van der Waals surface area (Å²) in [7, 11) is 0. The van der Waals surface area contributed by atoms with Gasteiger partial charge in [0.15, 0.2) is 5.82 Å². The van der Waals surface area contributed by atoms with Crippen LogP contribution in [0, 0.1) is 0 Å². The monoisotopic (exact) mass is 299 g/mol. The van der Waals surface area contributed by atoms with Gasteiger partial charge in [-0.1, -0.05) is 30.3 Å². The molecule has 8 heteroatoms. The van der Waals surface area contributed by atoms with Gasteiger partial charge in [-0.25, -0.2) is 18.7 Å². The van der Waals surface area contributed by atoms with Gasteiger partial charge in [0, 0.05) is 5.56 Å². The minimum Gasteiger partial charge on any atom is -0.318 e. The quantitative estimate of drug-likeness (QED) is 0.883. The Labute approximate surface area is 116 Å². The molecule has 0 saturated heterocycles. The lowest BCUT2D eigenvalue weighted by atomic mass is 10.2. The first-order chi connectivity index (χ1) is 9.91. The third kappa shape index (κ3) is 3.33. The second-order valence-electron chi connectivity index (χ2n) is 4.04. The van der Waals surface area contributed by atoms with Crippen molar-refractivity contribution in [1.82, 2.24) is 9.97 Å². The predicted molar refractivity (Wildman–Crippen MR) is 67.0 cm³/mol. The summed E-state index contributed by atoms with van der Waals surface area (Å²) in [4.78, 5) is 18.8. The van der Waals surface area contributed by atoms with Crippen molar-refractivity contribution in [3.63, 3.8) is 0 Å². The molecule has 1 amide bonds. The number of rotatable bonds is 4. The summed E-state index contributed by atoms with van der Waals surface area (Å²) in [5.74, 6) is -6.55. The average Bonchev–Trinajstić information content (AvgIpc) is 2.48. The lowest BCUT2D eigenvalue weighted by molar-refractivity contribution is -0.163. The highest BCUT2D eigenvalue weighted by atomic mass is 19.3. The summed E-state index contributed by atoms with van der Waals surface area (Å²) in [5, 5.41) is 1.65. The molecule has 0 atom stereocenters. The van der Waals surface area contributed by atoms with Crippen LogP contribution in [0.15, 0.2) is 42.7 Å². The number of nitrogens with one attached hydrogen (secondary N) is 1. The fourth-order valence-corrected chi connectivity index (χ4v) is 1.44. The molecule has 0 spiro atoms. The normalized spacial score (nSPS) is 11.5. The average molecular weight is 299 g/mol. The first-order valence-electron chi connectivity index (χ1n) is 5.76. The van der Waals surface area contributed by atoms with Crippen LogP contribution in [-0.4, -0.2) is 28.2 Å². The zero-order valence-electron chi connectivity index (χ0n) is 10.4. The van der Waals surface area contributed by atoms with E-state index >= 15 is 0 Å². The lowest BCUT2D eigenvalue weighted by Gasteiger charge is -2.14. The largest absolute Gasteiger partial charge is 0.383 e. The molecule has 1 heterocycles. The van der Waals surface area contributed by atoms with Crippen molar-refractivity contribution in [2.24, 2.45) is 0 Å². The van der Waals surface area contributed by atoms with Gasteiger partial charge in [0.05, 0.1) is 18.1 Å². The highest BCUT2D eigenvalue weighted by Gasteiger charge is 2.49. The van der Waals surface area contributed by atoms with Crippen LogP contribution < -0.4 is 5.32 Å². The lowest BCUT2D eigenvalue weighted by Crippen LogP contribution is -2.41. The molecular weight excluding hydrogens is 290 g/mol. The van der Waals surface area contributed by atoms with Gasteiger partial charge in [-0.2, -0.15) is 8.78 Å². The van der Waals surface area contributed by atoms with E-state index in [1.165, 1.54) is 0 Å². The molecule has 2 rings (SSSR count). The summed E-state index contributed by atoms with van der Waals surface area (Å²) in [5.41, 5.74) is 0.494. The molecule has 1 aromatic carbocycles. The van der Waals surface area contributed by atoms with E-state index < -0.39 is 18.3 Å². The summed E-state index contributed by atoms with van der Waals surface area (Å²) in [6, 6.07) is 8.79. The number of amides is 1. The van der Waals surface area contributed by atoms with E-state index in [9.17, 15) is 22.4 Å². The van der Waals surface area contributed by atoms with Gasteiger partial charge < -0.3 is 5.32 Å². The van der Waals surface area contributed by atoms with Crippen molar-refractivity contribution in [1.29, 1.82) is 0 Å². The van der Waals surface area contributed by atoms with Crippen LogP contribution in [0.2, 0.25) is 0 Å². The Morgan fingerprint density at radius 2 is 1.67 bits per heavy atom. The molecule has 0 bridgehead atoms. The molecular formula is C13H9F4N3O. The Hall–Kier alpha value is -2.51. The van der Waals surface area contributed by atoms with Gasteiger partial charge >= 0.3 is 18.3 Å². The maximum Gasteiger partial charge on any atom is 0.383 e. The van der Waals surface area contributed by atoms with Crippen LogP contribution >= 0.6 is 0 Å². The fraction of sp³-hybridized carbons (Fsp3) is 0.154. The Morgan fingerprint density at radius 3 is 2.19 bits per heavy atom. The van der Waals surface area contributed by atoms with Gasteiger partial charge in [0.25, 0.3) is 0 Å². The smallest absolute Gasteiger partial charge is 0.318 e. The summed E-state index contributed by atoms with van der Waals surface area (Å²) in [6.45, 7) is 0. The number of aromatic nitrogens is 2. The van der Waals surface area contributed by atoms with Crippen molar-refractivity contribution < 1.29 is 22.4 Å². The zero-order chi connectivity index (χ0) is 15.5. The fourth-order valence-electron chi connectivity index (χ4n) is 1.44. The molecule has 0 aliphatic heterocycles. The van der Waals surface area contributed by atoms with E-state index in [1.807, 2.05) is 0 Å². The predicted octanol–water partition coefficient (Wildman–Crippen LogP) is 2.98. The molecule has 0 aliphatic carbocycles. The van der Waals surface area contributed by atoms with Gasteiger partial charge in [-0.15, -0.1) is 0 Å². The van der Waals surface area contributed by atoms with Gasteiger partial charge in [-0.3, -0.25) is 4.79 Å². The van der Waals surface area contributed by atoms with Gasteiger partial charge in [-0.05, 0) is 0 Å². The molecule has 2 aromatic rings. The topological polar surface area (TPSA) is 54.9 Å². The molecule has 0 aliphatic rings. The third-order valence-corrected chi connectivity index (χ3v) is 2.52. The summed E-state index contributed by atoms with van der Waals surface area (Å²) < 4.78 is 49.6. The Kier molecular flexibility index (Phi) is 4.15. The molecule has 0 saturated carbocycles. The first kappa shape index (κ1) is 14.9. The molecule has 1 aromatic heterocycles. The minimum absolute atomic E-state index is 0.194. The highest BCUT2D eigenvalue weighted by molar-refractivity contribution is 5.96. The highest BCUT2D eigenvalue weighted by Crippen LogP contribution is 2.24. The standard InChI is InChI=1S/C13H9F4N3O/c14-11(15)13(16,17)12(21)20-9-6-18-10(19-7-9)8-4-2-1-3-5-8/h1-7,11H,(H,20,21). The van der Waals surface area contributed by atoms with Crippen molar-refractivity contribution in [3.8, 4) is 11.4 Å². The Bertz CT molecular complexity index is 617. The molecule has 4 nitrogen and oxygen atoms in total. The number of hydrogen-bond donors (Lipinski definition) is 1. The van der Waals surface area contributed by atoms with E-state index in [-0.39, 0.29) is 5.69 Å². The summed E-state index contributed by atoms with van der Waals surface area (Å²) >= 11 is 0. The van der Waals surface area contributed by atoms with E-state index in [0.29, 0.717) is 11.4 Å². The molecule has 0 unspecified atom stereocenters. The van der Waals surface area contributed by atoms with Gasteiger partial charge in [0.1, 0.15) is 0 Å². The Morgan fingerprint density at radius 1 is 1.10 bits per heavy atom. The van der Waals surface area contributed by atoms with E-state index in [0.717, 1.165) is 12.4 Å². The van der Waals surface area contributed by atoms with Crippen molar-refractivity contribution in [2.45, 2.75) is 12.3 Å². The number of alkyl halides is 4. The molecule has 0 fully saturated rings. The number of hydrogen-bond acceptors (Lipinski definition) is 3. The number of carbonyl (C=O) groups excluding carboxylic acids is 1. The zero-order valence-corrected chi connectivity index (χ0v) is 10.4. The van der Waals surface area contributed by atoms with Crippen molar-refractivity contribution in [2.75, 3.05) is 5.32 Å². The van der Waals surface area contributed by atoms with Crippen molar-refractivity contribution in [3.05, 3.63) is 42.7 Å². The number of benzene rings is 1. The number of halogens is 4. The van der Waals surface area contributed by atoms with Crippen LogP contribution in [0.3, 0.4) is 0 Å². The minimum atomic E-state index is -4.77. The van der Waals surface area contributed by atoms with E-state index in [1.54, 1.807) is 35.6 Å². The van der Waals surface area contributed by atoms with E-state index in [4.69, 9.17) is 0 Å². The second-order valence-corrected chi connectivity index (χ2v) is 4.04. The first-order valence-corrected chi connectivity index (χ1v) is 5.76. The number of carbonyl (C=O) groups is 1. The van der Waals surface area contributed by atoms with Crippen molar-refractivity contribution >= 4 is 11.6 Å². The van der Waals surface area contributed by atoms with Gasteiger partial charge in [0.2, 0.25) is 0 Å². The van der Waals surface area contributed by atoms with Crippen LogP contribution in [-0.2, 0) is 4.79 Å². The SMILES string of the molecule is O=C(Nc1cnc(-c2ccccc2)nc1)C(F)(F)C(F)F. The molecule has 1 N–H and O–H groups in total. The number of nitrogens with zero attached hydrogens (tertiary/aromatic N) is 2. The van der Waals surface area contributed by atoms with Crippen LogP contribution in [0.1, 0.15) is 0 Å². The van der Waals surface area contributed by atoms with Crippen LogP contribution in [0.25, 0.3) is 11.4 Å². The second kappa shape index (κ2) is 5.86. The van der Waals surface area contributed by atoms with E-state index in [2.05, 4.69) is 9.97 Å². The summed E-state index contributed by atoms with van der Waals surface area (Å²) in [6.07, 6.45) is -1.95.